The van der Waals surface area contributed by atoms with Crippen molar-refractivity contribution in [3.63, 3.8) is 0 Å². The number of ether oxygens (including phenoxy) is 1. The molecule has 0 aliphatic carbocycles. The van der Waals surface area contributed by atoms with E-state index in [4.69, 9.17) is 9.84 Å². The lowest BCUT2D eigenvalue weighted by atomic mass is 9.72. The minimum atomic E-state index is -0.770. The van der Waals surface area contributed by atoms with E-state index in [2.05, 4.69) is 34.6 Å². The maximum atomic E-state index is 12.6. The third-order valence-electron chi connectivity index (χ3n) is 6.14. The fourth-order valence-electron chi connectivity index (χ4n) is 3.91. The molecule has 0 aliphatic rings. The summed E-state index contributed by atoms with van der Waals surface area (Å²) in [4.78, 5) is 23.2. The van der Waals surface area contributed by atoms with Gasteiger partial charge in [0, 0.05) is 12.8 Å². The summed E-state index contributed by atoms with van der Waals surface area (Å²) < 4.78 is 6.22. The van der Waals surface area contributed by atoms with Gasteiger partial charge in [0.2, 0.25) is 0 Å². The van der Waals surface area contributed by atoms with Crippen molar-refractivity contribution in [3.05, 3.63) is 0 Å². The molecule has 0 aliphatic heterocycles. The van der Waals surface area contributed by atoms with Gasteiger partial charge in [0.25, 0.3) is 0 Å². The van der Waals surface area contributed by atoms with Crippen molar-refractivity contribution >= 4 is 11.9 Å². The number of hydrogen-bond donors (Lipinski definition) is 1. The van der Waals surface area contributed by atoms with E-state index in [9.17, 15) is 9.59 Å². The molecule has 4 nitrogen and oxygen atoms in total. The van der Waals surface area contributed by atoms with Crippen molar-refractivity contribution in [1.82, 2.24) is 0 Å². The smallest absolute Gasteiger partial charge is 0.306 e. The van der Waals surface area contributed by atoms with Crippen molar-refractivity contribution in [2.75, 3.05) is 0 Å². The first-order valence-corrected chi connectivity index (χ1v) is 11.3. The Labute approximate surface area is 167 Å². The van der Waals surface area contributed by atoms with Crippen LogP contribution in [0.2, 0.25) is 0 Å². The lowest BCUT2D eigenvalue weighted by Crippen LogP contribution is -2.47. The quantitative estimate of drug-likeness (QED) is 0.222. The second-order valence-electron chi connectivity index (χ2n) is 8.17. The van der Waals surface area contributed by atoms with E-state index in [1.165, 1.54) is 25.7 Å². The number of hydrogen-bond acceptors (Lipinski definition) is 3. The van der Waals surface area contributed by atoms with E-state index in [1.54, 1.807) is 0 Å². The highest BCUT2D eigenvalue weighted by molar-refractivity contribution is 5.70. The van der Waals surface area contributed by atoms with Gasteiger partial charge in [-0.15, -0.1) is 0 Å². The predicted octanol–water partition coefficient (Wildman–Crippen LogP) is 6.76. The van der Waals surface area contributed by atoms with Crippen LogP contribution in [-0.2, 0) is 14.3 Å². The van der Waals surface area contributed by atoms with E-state index in [0.717, 1.165) is 32.1 Å². The van der Waals surface area contributed by atoms with Gasteiger partial charge in [-0.3, -0.25) is 9.59 Å². The highest BCUT2D eigenvalue weighted by atomic mass is 16.6. The third-order valence-corrected chi connectivity index (χ3v) is 6.14. The summed E-state index contributed by atoms with van der Waals surface area (Å²) in [7, 11) is 0. The molecule has 0 bridgehead atoms. The van der Waals surface area contributed by atoms with Crippen LogP contribution >= 0.6 is 0 Å². The van der Waals surface area contributed by atoms with Crippen LogP contribution in [-0.4, -0.2) is 22.6 Å². The summed E-state index contributed by atoms with van der Waals surface area (Å²) in [5.41, 5.74) is -0.367. The second kappa shape index (κ2) is 14.9. The maximum absolute atomic E-state index is 12.6. The van der Waals surface area contributed by atoms with Gasteiger partial charge in [-0.25, -0.2) is 0 Å². The summed E-state index contributed by atoms with van der Waals surface area (Å²) in [5, 5.41) is 8.70. The highest BCUT2D eigenvalue weighted by Gasteiger charge is 2.42. The van der Waals surface area contributed by atoms with E-state index >= 15 is 0 Å². The molecule has 2 unspecified atom stereocenters. The van der Waals surface area contributed by atoms with Crippen LogP contribution in [0.3, 0.4) is 0 Å². The topological polar surface area (TPSA) is 63.6 Å². The molecule has 0 aromatic rings. The van der Waals surface area contributed by atoms with Gasteiger partial charge in [-0.2, -0.15) is 0 Å². The first kappa shape index (κ1) is 25.9. The average Bonchev–Trinajstić information content (AvgIpc) is 2.64. The van der Waals surface area contributed by atoms with Gasteiger partial charge in [-0.05, 0) is 50.4 Å². The van der Waals surface area contributed by atoms with Gasteiger partial charge < -0.3 is 9.84 Å². The number of carbonyl (C=O) groups excluding carboxylic acids is 1. The molecule has 0 saturated carbocycles. The molecule has 0 aromatic heterocycles. The molecule has 0 spiro atoms. The molecular formula is C23H44O4. The molecule has 0 aromatic carbocycles. The largest absolute Gasteiger partial charge is 0.481 e. The number of esters is 1. The van der Waals surface area contributed by atoms with Gasteiger partial charge in [0.05, 0.1) is 0 Å². The van der Waals surface area contributed by atoms with Gasteiger partial charge in [-0.1, -0.05) is 66.7 Å². The van der Waals surface area contributed by atoms with Crippen molar-refractivity contribution in [1.29, 1.82) is 0 Å². The van der Waals surface area contributed by atoms with Gasteiger partial charge in [0.1, 0.15) is 5.60 Å². The molecule has 0 heterocycles. The normalized spacial score (nSPS) is 15.7. The van der Waals surface area contributed by atoms with Gasteiger partial charge >= 0.3 is 11.9 Å². The number of rotatable bonds is 17. The predicted molar refractivity (Wildman–Crippen MR) is 112 cm³/mol. The molecule has 160 valence electrons. The zero-order valence-corrected chi connectivity index (χ0v) is 18.5. The molecule has 2 atom stereocenters. The van der Waals surface area contributed by atoms with Crippen LogP contribution in [0.5, 0.6) is 0 Å². The Morgan fingerprint density at radius 1 is 0.815 bits per heavy atom. The fourth-order valence-corrected chi connectivity index (χ4v) is 3.91. The summed E-state index contributed by atoms with van der Waals surface area (Å²) >= 11 is 0. The van der Waals surface area contributed by atoms with Crippen LogP contribution in [0.25, 0.3) is 0 Å². The Balaban J connectivity index is 4.83. The number of aliphatic carboxylic acids is 1. The molecule has 0 fully saturated rings. The third kappa shape index (κ3) is 10.2. The standard InChI is InChI=1S/C23H44O4/c1-6-9-10-11-15-18-23(19(4)7-2,20(5)8-3)27-22(26)17-14-12-13-16-21(24)25/h19-20H,6-18H2,1-5H3,(H,24,25). The molecule has 0 radical (unpaired) electrons. The first-order valence-electron chi connectivity index (χ1n) is 11.3. The lowest BCUT2D eigenvalue weighted by Gasteiger charge is -2.43. The Bertz CT molecular complexity index is 395. The summed E-state index contributed by atoms with van der Waals surface area (Å²) in [6.07, 6.45) is 11.7. The average molecular weight is 385 g/mol. The van der Waals surface area contributed by atoms with Crippen molar-refractivity contribution in [3.8, 4) is 0 Å². The number of carboxylic acids is 1. The van der Waals surface area contributed by atoms with Crippen LogP contribution < -0.4 is 0 Å². The monoisotopic (exact) mass is 384 g/mol. The Morgan fingerprint density at radius 3 is 1.85 bits per heavy atom. The molecule has 4 heteroatoms. The molecule has 0 saturated heterocycles. The second-order valence-corrected chi connectivity index (χ2v) is 8.17. The summed E-state index contributed by atoms with van der Waals surface area (Å²) in [6.45, 7) is 11.0. The Morgan fingerprint density at radius 2 is 1.33 bits per heavy atom. The lowest BCUT2D eigenvalue weighted by molar-refractivity contribution is -0.176. The van der Waals surface area contributed by atoms with Crippen LogP contribution in [0.15, 0.2) is 0 Å². The molecule has 0 amide bonds. The van der Waals surface area contributed by atoms with Crippen molar-refractivity contribution in [2.24, 2.45) is 11.8 Å². The summed E-state index contributed by atoms with van der Waals surface area (Å²) in [6, 6.07) is 0. The molecular weight excluding hydrogens is 340 g/mol. The zero-order chi connectivity index (χ0) is 20.7. The Kier molecular flexibility index (Phi) is 14.3. The minimum Gasteiger partial charge on any atom is -0.481 e. The minimum absolute atomic E-state index is 0.112. The van der Waals surface area contributed by atoms with E-state index in [0.29, 0.717) is 31.1 Å². The van der Waals surface area contributed by atoms with Crippen LogP contribution in [0, 0.1) is 11.8 Å². The van der Waals surface area contributed by atoms with Crippen LogP contribution in [0.4, 0.5) is 0 Å². The Hall–Kier alpha value is -1.06. The first-order chi connectivity index (χ1) is 12.8. The van der Waals surface area contributed by atoms with E-state index < -0.39 is 5.97 Å². The highest BCUT2D eigenvalue weighted by Crippen LogP contribution is 2.39. The van der Waals surface area contributed by atoms with Gasteiger partial charge in [0.15, 0.2) is 0 Å². The van der Waals surface area contributed by atoms with E-state index in [1.807, 2.05) is 0 Å². The van der Waals surface area contributed by atoms with Crippen LogP contribution in [0.1, 0.15) is 118 Å². The van der Waals surface area contributed by atoms with Crippen molar-refractivity contribution in [2.45, 2.75) is 124 Å². The number of carboxylic acid groups (broad SMARTS) is 1. The maximum Gasteiger partial charge on any atom is 0.306 e. The fraction of sp³-hybridized carbons (Fsp3) is 0.913. The number of unbranched alkanes of at least 4 members (excludes halogenated alkanes) is 6. The van der Waals surface area contributed by atoms with Crippen molar-refractivity contribution < 1.29 is 19.4 Å². The molecule has 27 heavy (non-hydrogen) atoms. The summed E-state index contributed by atoms with van der Waals surface area (Å²) in [5.74, 6) is -0.197. The SMILES string of the molecule is CCCCCCCC(OC(=O)CCCCCC(=O)O)(C(C)CC)C(C)CC. The molecule has 0 rings (SSSR count). The number of carbonyl (C=O) groups is 2. The van der Waals surface area contributed by atoms with E-state index in [-0.39, 0.29) is 18.0 Å². The zero-order valence-electron chi connectivity index (χ0n) is 18.5. The molecule has 1 N–H and O–H groups in total.